The lowest BCUT2D eigenvalue weighted by Gasteiger charge is -2.30. The molecule has 0 N–H and O–H groups in total. The number of fused-ring (bicyclic) bond motifs is 1. The Morgan fingerprint density at radius 2 is 2.28 bits per heavy atom. The number of ether oxygens (including phenoxy) is 1. The van der Waals surface area contributed by atoms with Gasteiger partial charge in [-0.15, -0.1) is 11.6 Å². The average Bonchev–Trinajstić information content (AvgIpc) is 2.38. The first-order chi connectivity index (χ1) is 8.59. The summed E-state index contributed by atoms with van der Waals surface area (Å²) in [6, 6.07) is 8.24. The van der Waals surface area contributed by atoms with E-state index >= 15 is 0 Å². The predicted molar refractivity (Wildman–Crippen MR) is 71.8 cm³/mol. The van der Waals surface area contributed by atoms with E-state index in [1.54, 1.807) is 18.9 Å². The van der Waals surface area contributed by atoms with E-state index < -0.39 is 5.38 Å². The van der Waals surface area contributed by atoms with Crippen LogP contribution in [0.4, 0.5) is 0 Å². The van der Waals surface area contributed by atoms with Crippen LogP contribution in [0, 0.1) is 0 Å². The number of nitrogens with zero attached hydrogens (tertiary/aromatic N) is 1. The third-order valence-corrected chi connectivity index (χ3v) is 3.44. The highest BCUT2D eigenvalue weighted by atomic mass is 35.5. The molecule has 0 saturated heterocycles. The maximum Gasteiger partial charge on any atom is 0.240 e. The largest absolute Gasteiger partial charge is 0.371 e. The van der Waals surface area contributed by atoms with Crippen molar-refractivity contribution in [1.29, 1.82) is 0 Å². The zero-order valence-corrected chi connectivity index (χ0v) is 11.5. The monoisotopic (exact) mass is 267 g/mol. The van der Waals surface area contributed by atoms with Gasteiger partial charge in [-0.1, -0.05) is 24.3 Å². The Labute approximate surface area is 113 Å². The molecule has 0 aromatic heterocycles. The lowest BCUT2D eigenvalue weighted by atomic mass is 9.97. The van der Waals surface area contributed by atoms with Gasteiger partial charge in [-0.25, -0.2) is 0 Å². The molecule has 3 nitrogen and oxygen atoms in total. The molecule has 0 radical (unpaired) electrons. The number of hydrogen-bond acceptors (Lipinski definition) is 2. The van der Waals surface area contributed by atoms with Crippen molar-refractivity contribution in [2.75, 3.05) is 20.2 Å². The van der Waals surface area contributed by atoms with E-state index in [9.17, 15) is 4.79 Å². The Kier molecular flexibility index (Phi) is 4.25. The summed E-state index contributed by atoms with van der Waals surface area (Å²) in [4.78, 5) is 13.4. The molecule has 1 aliphatic heterocycles. The minimum Gasteiger partial charge on any atom is -0.371 e. The van der Waals surface area contributed by atoms with Gasteiger partial charge in [0.1, 0.15) is 11.5 Å². The van der Waals surface area contributed by atoms with Gasteiger partial charge in [0.15, 0.2) is 0 Å². The highest BCUT2D eigenvalue weighted by Gasteiger charge is 2.24. The van der Waals surface area contributed by atoms with Gasteiger partial charge in [0.2, 0.25) is 5.91 Å². The number of carbonyl (C=O) groups is 1. The molecule has 1 heterocycles. The summed E-state index contributed by atoms with van der Waals surface area (Å²) in [5.41, 5.74) is 2.50. The van der Waals surface area contributed by atoms with Gasteiger partial charge in [-0.3, -0.25) is 4.79 Å². The number of benzene rings is 1. The van der Waals surface area contributed by atoms with Crippen LogP contribution >= 0.6 is 11.6 Å². The highest BCUT2D eigenvalue weighted by molar-refractivity contribution is 6.30. The fraction of sp³-hybridized carbons (Fsp3) is 0.500. The lowest BCUT2D eigenvalue weighted by molar-refractivity contribution is -0.131. The van der Waals surface area contributed by atoms with Crippen molar-refractivity contribution in [2.24, 2.45) is 0 Å². The molecule has 0 aliphatic carbocycles. The Balaban J connectivity index is 2.10. The second-order valence-electron chi connectivity index (χ2n) is 4.64. The second-order valence-corrected chi connectivity index (χ2v) is 5.30. The second kappa shape index (κ2) is 5.72. The first kappa shape index (κ1) is 13.4. The van der Waals surface area contributed by atoms with Crippen molar-refractivity contribution >= 4 is 17.5 Å². The summed E-state index contributed by atoms with van der Waals surface area (Å²) in [5.74, 6) is -0.0664. The molecule has 0 spiro atoms. The minimum atomic E-state index is -0.492. The summed E-state index contributed by atoms with van der Waals surface area (Å²) < 4.78 is 5.77. The number of likely N-dealkylation sites (N-methyl/N-ethyl adjacent to an activating group) is 1. The molecule has 1 aromatic carbocycles. The fourth-order valence-electron chi connectivity index (χ4n) is 2.27. The molecule has 4 heteroatoms. The van der Waals surface area contributed by atoms with Gasteiger partial charge < -0.3 is 9.64 Å². The molecule has 0 bridgehead atoms. The van der Waals surface area contributed by atoms with Crippen LogP contribution < -0.4 is 0 Å². The van der Waals surface area contributed by atoms with Crippen LogP contribution in [0.25, 0.3) is 0 Å². The zero-order chi connectivity index (χ0) is 13.1. The molecule has 1 aliphatic rings. The lowest BCUT2D eigenvalue weighted by Crippen LogP contribution is -2.37. The Morgan fingerprint density at radius 3 is 3.00 bits per heavy atom. The number of hydrogen-bond donors (Lipinski definition) is 0. The van der Waals surface area contributed by atoms with Gasteiger partial charge in [0, 0.05) is 7.05 Å². The van der Waals surface area contributed by atoms with Crippen LogP contribution in [0.15, 0.2) is 24.3 Å². The molecule has 18 heavy (non-hydrogen) atoms. The van der Waals surface area contributed by atoms with Crippen molar-refractivity contribution in [2.45, 2.75) is 24.8 Å². The van der Waals surface area contributed by atoms with Gasteiger partial charge in [-0.2, -0.15) is 0 Å². The van der Waals surface area contributed by atoms with Crippen molar-refractivity contribution in [3.05, 3.63) is 35.4 Å². The maximum atomic E-state index is 11.8. The summed E-state index contributed by atoms with van der Waals surface area (Å²) in [6.07, 6.45) is 0.898. The zero-order valence-electron chi connectivity index (χ0n) is 10.7. The standard InChI is InChI=1S/C14H18ClNO2/c1-10(15)14(17)16(2)9-13-12-6-4-3-5-11(12)7-8-18-13/h3-6,10,13H,7-9H2,1-2H3. The van der Waals surface area contributed by atoms with E-state index in [2.05, 4.69) is 12.1 Å². The van der Waals surface area contributed by atoms with Gasteiger partial charge in [-0.05, 0) is 24.5 Å². The normalized spacial score (nSPS) is 20.1. The van der Waals surface area contributed by atoms with E-state index in [0.717, 1.165) is 6.42 Å². The smallest absolute Gasteiger partial charge is 0.240 e. The number of alkyl halides is 1. The molecule has 1 amide bonds. The van der Waals surface area contributed by atoms with Gasteiger partial charge in [0.05, 0.1) is 13.2 Å². The molecular formula is C14H18ClNO2. The van der Waals surface area contributed by atoms with E-state index in [0.29, 0.717) is 13.2 Å². The number of carbonyl (C=O) groups excluding carboxylic acids is 1. The van der Waals surface area contributed by atoms with Crippen LogP contribution in [0.2, 0.25) is 0 Å². The maximum absolute atomic E-state index is 11.8. The Morgan fingerprint density at radius 1 is 1.56 bits per heavy atom. The fourth-order valence-corrected chi connectivity index (χ4v) is 2.44. The molecule has 2 atom stereocenters. The van der Waals surface area contributed by atoms with Gasteiger partial charge >= 0.3 is 0 Å². The molecule has 0 saturated carbocycles. The van der Waals surface area contributed by atoms with Crippen molar-refractivity contribution in [3.8, 4) is 0 Å². The van der Waals surface area contributed by atoms with Crippen LogP contribution in [-0.2, 0) is 16.0 Å². The third-order valence-electron chi connectivity index (χ3n) is 3.25. The van der Waals surface area contributed by atoms with Crippen molar-refractivity contribution in [1.82, 2.24) is 4.90 Å². The van der Waals surface area contributed by atoms with Crippen LogP contribution in [0.5, 0.6) is 0 Å². The summed E-state index contributed by atoms with van der Waals surface area (Å²) in [5, 5.41) is -0.492. The van der Waals surface area contributed by atoms with E-state index in [4.69, 9.17) is 16.3 Å². The average molecular weight is 268 g/mol. The first-order valence-corrected chi connectivity index (χ1v) is 6.61. The van der Waals surface area contributed by atoms with E-state index in [1.807, 2.05) is 12.1 Å². The first-order valence-electron chi connectivity index (χ1n) is 6.18. The van der Waals surface area contributed by atoms with Crippen LogP contribution in [-0.4, -0.2) is 36.4 Å². The summed E-state index contributed by atoms with van der Waals surface area (Å²) >= 11 is 5.81. The number of rotatable bonds is 3. The molecule has 2 unspecified atom stereocenters. The van der Waals surface area contributed by atoms with Crippen molar-refractivity contribution < 1.29 is 9.53 Å². The topological polar surface area (TPSA) is 29.5 Å². The SMILES string of the molecule is CC(Cl)C(=O)N(C)CC1OCCc2ccccc21. The van der Waals surface area contributed by atoms with Crippen LogP contribution in [0.1, 0.15) is 24.2 Å². The van der Waals surface area contributed by atoms with Gasteiger partial charge in [0.25, 0.3) is 0 Å². The summed E-state index contributed by atoms with van der Waals surface area (Å²) in [6.45, 7) is 2.95. The molecule has 0 fully saturated rings. The van der Waals surface area contributed by atoms with Crippen LogP contribution in [0.3, 0.4) is 0 Å². The summed E-state index contributed by atoms with van der Waals surface area (Å²) in [7, 11) is 1.77. The number of amides is 1. The highest BCUT2D eigenvalue weighted by Crippen LogP contribution is 2.27. The molecule has 1 aromatic rings. The predicted octanol–water partition coefficient (Wildman–Crippen LogP) is 2.39. The molecule has 2 rings (SSSR count). The van der Waals surface area contributed by atoms with E-state index in [-0.39, 0.29) is 12.0 Å². The van der Waals surface area contributed by atoms with E-state index in [1.165, 1.54) is 11.1 Å². The van der Waals surface area contributed by atoms with Crippen molar-refractivity contribution in [3.63, 3.8) is 0 Å². The Hall–Kier alpha value is -1.06. The number of halogens is 1. The third kappa shape index (κ3) is 2.85. The quantitative estimate of drug-likeness (QED) is 0.787. The minimum absolute atomic E-state index is 0.0423. The Bertz CT molecular complexity index is 434. The molecule has 98 valence electrons. The molecular weight excluding hydrogens is 250 g/mol.